The molecule has 0 saturated heterocycles. The molecular formula is C13H21NO3S. The largest absolute Gasteiger partial charge is 0.491 e. The predicted molar refractivity (Wildman–Crippen MR) is 73.5 cm³/mol. The second kappa shape index (κ2) is 6.20. The number of hydrogen-bond donors (Lipinski definition) is 1. The SMILES string of the molecule is Cc1cc(CCNS(C)(=O)=O)ccc1OC(C)C. The van der Waals surface area contributed by atoms with Crippen LogP contribution in [-0.2, 0) is 16.4 Å². The fraction of sp³-hybridized carbons (Fsp3) is 0.538. The highest BCUT2D eigenvalue weighted by molar-refractivity contribution is 7.88. The molecule has 0 spiro atoms. The zero-order valence-corrected chi connectivity index (χ0v) is 12.2. The van der Waals surface area contributed by atoms with Gasteiger partial charge in [-0.05, 0) is 44.4 Å². The van der Waals surface area contributed by atoms with Crippen LogP contribution in [0.5, 0.6) is 5.75 Å². The van der Waals surface area contributed by atoms with E-state index in [2.05, 4.69) is 4.72 Å². The lowest BCUT2D eigenvalue weighted by Crippen LogP contribution is -2.24. The summed E-state index contributed by atoms with van der Waals surface area (Å²) in [6.07, 6.45) is 2.00. The van der Waals surface area contributed by atoms with Crippen molar-refractivity contribution in [3.63, 3.8) is 0 Å². The van der Waals surface area contributed by atoms with Crippen molar-refractivity contribution in [1.82, 2.24) is 4.72 Å². The van der Waals surface area contributed by atoms with E-state index in [1.807, 2.05) is 39.0 Å². The Bertz CT molecular complexity index is 495. The van der Waals surface area contributed by atoms with Gasteiger partial charge in [0.25, 0.3) is 0 Å². The molecule has 1 N–H and O–H groups in total. The molecule has 0 radical (unpaired) electrons. The number of nitrogens with one attached hydrogen (secondary N) is 1. The molecule has 0 amide bonds. The second-order valence-corrected chi connectivity index (χ2v) is 6.52. The highest BCUT2D eigenvalue weighted by atomic mass is 32.2. The normalized spacial score (nSPS) is 11.8. The lowest BCUT2D eigenvalue weighted by molar-refractivity contribution is 0.240. The highest BCUT2D eigenvalue weighted by Crippen LogP contribution is 2.20. The zero-order chi connectivity index (χ0) is 13.8. The summed E-state index contributed by atoms with van der Waals surface area (Å²) in [6, 6.07) is 5.93. The quantitative estimate of drug-likeness (QED) is 0.859. The fourth-order valence-electron chi connectivity index (χ4n) is 1.63. The van der Waals surface area contributed by atoms with Gasteiger partial charge in [0, 0.05) is 6.54 Å². The van der Waals surface area contributed by atoms with Gasteiger partial charge in [0.15, 0.2) is 0 Å². The summed E-state index contributed by atoms with van der Waals surface area (Å²) in [5.74, 6) is 0.879. The molecule has 4 nitrogen and oxygen atoms in total. The topological polar surface area (TPSA) is 55.4 Å². The van der Waals surface area contributed by atoms with Crippen LogP contribution in [0.2, 0.25) is 0 Å². The van der Waals surface area contributed by atoms with Crippen LogP contribution in [0.4, 0.5) is 0 Å². The molecule has 0 atom stereocenters. The molecule has 0 saturated carbocycles. The predicted octanol–water partition coefficient (Wildman–Crippen LogP) is 1.87. The Morgan fingerprint density at radius 1 is 1.33 bits per heavy atom. The van der Waals surface area contributed by atoms with Crippen molar-refractivity contribution in [2.75, 3.05) is 12.8 Å². The van der Waals surface area contributed by atoms with Gasteiger partial charge >= 0.3 is 0 Å². The third kappa shape index (κ3) is 5.51. The second-order valence-electron chi connectivity index (χ2n) is 4.68. The molecule has 1 aromatic carbocycles. The van der Waals surface area contributed by atoms with Crippen LogP contribution in [0.3, 0.4) is 0 Å². The van der Waals surface area contributed by atoms with Crippen LogP contribution in [0, 0.1) is 6.92 Å². The van der Waals surface area contributed by atoms with Crippen molar-refractivity contribution >= 4 is 10.0 Å². The van der Waals surface area contributed by atoms with E-state index in [1.54, 1.807) is 0 Å². The Balaban J connectivity index is 2.61. The fourth-order valence-corrected chi connectivity index (χ4v) is 2.11. The monoisotopic (exact) mass is 271 g/mol. The number of rotatable bonds is 6. The summed E-state index contributed by atoms with van der Waals surface area (Å²) in [6.45, 7) is 6.39. The lowest BCUT2D eigenvalue weighted by atomic mass is 10.1. The number of aryl methyl sites for hydroxylation is 1. The number of benzene rings is 1. The lowest BCUT2D eigenvalue weighted by Gasteiger charge is -2.13. The molecule has 0 aromatic heterocycles. The summed E-state index contributed by atoms with van der Waals surface area (Å²) in [5, 5.41) is 0. The molecule has 1 aromatic rings. The van der Waals surface area contributed by atoms with Crippen molar-refractivity contribution < 1.29 is 13.2 Å². The van der Waals surface area contributed by atoms with Crippen molar-refractivity contribution in [2.24, 2.45) is 0 Å². The average Bonchev–Trinajstić information content (AvgIpc) is 2.19. The number of hydrogen-bond acceptors (Lipinski definition) is 3. The van der Waals surface area contributed by atoms with Gasteiger partial charge in [0.05, 0.1) is 12.4 Å². The van der Waals surface area contributed by atoms with E-state index in [4.69, 9.17) is 4.74 Å². The van der Waals surface area contributed by atoms with Gasteiger partial charge < -0.3 is 4.74 Å². The molecule has 0 aliphatic heterocycles. The molecular weight excluding hydrogens is 250 g/mol. The Morgan fingerprint density at radius 3 is 2.50 bits per heavy atom. The molecule has 0 bridgehead atoms. The first-order valence-electron chi connectivity index (χ1n) is 5.99. The molecule has 5 heteroatoms. The molecule has 102 valence electrons. The average molecular weight is 271 g/mol. The maximum Gasteiger partial charge on any atom is 0.208 e. The minimum atomic E-state index is -3.10. The zero-order valence-electron chi connectivity index (χ0n) is 11.4. The third-order valence-corrected chi connectivity index (χ3v) is 3.11. The summed E-state index contributed by atoms with van der Waals surface area (Å²) in [5.41, 5.74) is 2.17. The summed E-state index contributed by atoms with van der Waals surface area (Å²) in [4.78, 5) is 0. The van der Waals surface area contributed by atoms with E-state index >= 15 is 0 Å². The molecule has 0 heterocycles. The molecule has 18 heavy (non-hydrogen) atoms. The van der Waals surface area contributed by atoms with E-state index in [1.165, 1.54) is 0 Å². The van der Waals surface area contributed by atoms with Gasteiger partial charge in [0.2, 0.25) is 10.0 Å². The maximum atomic E-state index is 10.9. The van der Waals surface area contributed by atoms with E-state index < -0.39 is 10.0 Å². The molecule has 0 aliphatic rings. The van der Waals surface area contributed by atoms with Gasteiger partial charge in [0.1, 0.15) is 5.75 Å². The minimum Gasteiger partial charge on any atom is -0.491 e. The Morgan fingerprint density at radius 2 is 2.00 bits per heavy atom. The van der Waals surface area contributed by atoms with Gasteiger partial charge in [-0.1, -0.05) is 12.1 Å². The Labute approximate surface area is 109 Å². The van der Waals surface area contributed by atoms with E-state index in [0.29, 0.717) is 13.0 Å². The van der Waals surface area contributed by atoms with Crippen LogP contribution in [-0.4, -0.2) is 27.3 Å². The van der Waals surface area contributed by atoms with Crippen LogP contribution in [0.15, 0.2) is 18.2 Å². The van der Waals surface area contributed by atoms with Crippen LogP contribution >= 0.6 is 0 Å². The Kier molecular flexibility index (Phi) is 5.16. The minimum absolute atomic E-state index is 0.154. The van der Waals surface area contributed by atoms with Gasteiger partial charge in [-0.15, -0.1) is 0 Å². The first-order chi connectivity index (χ1) is 8.28. The van der Waals surface area contributed by atoms with Gasteiger partial charge in [-0.2, -0.15) is 0 Å². The standard InChI is InChI=1S/C13H21NO3S/c1-10(2)17-13-6-5-12(9-11(13)3)7-8-14-18(4,15)16/h5-6,9-10,14H,7-8H2,1-4H3. The van der Waals surface area contributed by atoms with Crippen LogP contribution in [0.1, 0.15) is 25.0 Å². The number of sulfonamides is 1. The van der Waals surface area contributed by atoms with Crippen molar-refractivity contribution in [3.8, 4) is 5.75 Å². The summed E-state index contributed by atoms with van der Waals surface area (Å²) < 4.78 is 30.0. The molecule has 1 rings (SSSR count). The van der Waals surface area contributed by atoms with Gasteiger partial charge in [-0.3, -0.25) is 0 Å². The van der Waals surface area contributed by atoms with Gasteiger partial charge in [-0.25, -0.2) is 13.1 Å². The molecule has 0 aliphatic carbocycles. The number of ether oxygens (including phenoxy) is 1. The van der Waals surface area contributed by atoms with Crippen molar-refractivity contribution in [1.29, 1.82) is 0 Å². The van der Waals surface area contributed by atoms with Crippen molar-refractivity contribution in [3.05, 3.63) is 29.3 Å². The molecule has 0 fully saturated rings. The Hall–Kier alpha value is -1.07. The van der Waals surface area contributed by atoms with Crippen LogP contribution in [0.25, 0.3) is 0 Å². The first kappa shape index (κ1) is 15.0. The third-order valence-electron chi connectivity index (χ3n) is 2.38. The van der Waals surface area contributed by atoms with Crippen LogP contribution < -0.4 is 9.46 Å². The smallest absolute Gasteiger partial charge is 0.208 e. The van der Waals surface area contributed by atoms with E-state index in [0.717, 1.165) is 23.1 Å². The first-order valence-corrected chi connectivity index (χ1v) is 7.88. The molecule has 0 unspecified atom stereocenters. The van der Waals surface area contributed by atoms with E-state index in [9.17, 15) is 8.42 Å². The maximum absolute atomic E-state index is 10.9. The van der Waals surface area contributed by atoms with E-state index in [-0.39, 0.29) is 6.10 Å². The highest BCUT2D eigenvalue weighted by Gasteiger charge is 2.04. The summed E-state index contributed by atoms with van der Waals surface area (Å²) in [7, 11) is -3.10. The summed E-state index contributed by atoms with van der Waals surface area (Å²) >= 11 is 0. The van der Waals surface area contributed by atoms with Crippen molar-refractivity contribution in [2.45, 2.75) is 33.3 Å².